The van der Waals surface area contributed by atoms with Crippen LogP contribution < -0.4 is 5.32 Å². The monoisotopic (exact) mass is 283 g/mol. The van der Waals surface area contributed by atoms with E-state index >= 15 is 0 Å². The molecule has 0 saturated carbocycles. The number of hydrogen-bond acceptors (Lipinski definition) is 4. The van der Waals surface area contributed by atoms with E-state index in [4.69, 9.17) is 4.52 Å². The summed E-state index contributed by atoms with van der Waals surface area (Å²) in [7, 11) is 0. The zero-order valence-electron chi connectivity index (χ0n) is 12.4. The number of aromatic nitrogens is 1. The number of nitrogens with zero attached hydrogens (tertiary/aromatic N) is 2. The standard InChI is InChI=1S/C17H21N3O/c1-12-2-4-13(5-3-12)16-8-15(21-19-16)10-20-9-14-6-7-18-17(14)11-20/h2-5,8,14,17-18H,6-7,9-11H2,1H3/t14-,17+/m0/s1. The molecule has 1 aromatic carbocycles. The molecule has 2 fully saturated rings. The predicted molar refractivity (Wildman–Crippen MR) is 81.9 cm³/mol. The minimum atomic E-state index is 0.685. The van der Waals surface area contributed by atoms with Crippen LogP contribution in [0.3, 0.4) is 0 Å². The molecule has 0 aliphatic carbocycles. The summed E-state index contributed by atoms with van der Waals surface area (Å²) in [6.07, 6.45) is 1.31. The maximum atomic E-state index is 5.52. The Bertz CT molecular complexity index is 607. The van der Waals surface area contributed by atoms with E-state index in [-0.39, 0.29) is 0 Å². The van der Waals surface area contributed by atoms with Crippen LogP contribution in [0.4, 0.5) is 0 Å². The van der Waals surface area contributed by atoms with Gasteiger partial charge in [0, 0.05) is 30.8 Å². The summed E-state index contributed by atoms with van der Waals surface area (Å²) >= 11 is 0. The lowest BCUT2D eigenvalue weighted by molar-refractivity contribution is 0.260. The fraction of sp³-hybridized carbons (Fsp3) is 0.471. The van der Waals surface area contributed by atoms with Gasteiger partial charge in [0.2, 0.25) is 0 Å². The molecule has 2 aliphatic heterocycles. The van der Waals surface area contributed by atoms with Gasteiger partial charge in [-0.05, 0) is 25.8 Å². The molecule has 110 valence electrons. The minimum absolute atomic E-state index is 0.685. The van der Waals surface area contributed by atoms with Gasteiger partial charge in [-0.15, -0.1) is 0 Å². The van der Waals surface area contributed by atoms with E-state index in [0.29, 0.717) is 6.04 Å². The maximum absolute atomic E-state index is 5.52. The number of hydrogen-bond donors (Lipinski definition) is 1. The second-order valence-electron chi connectivity index (χ2n) is 6.35. The van der Waals surface area contributed by atoms with Crippen molar-refractivity contribution in [3.63, 3.8) is 0 Å². The predicted octanol–water partition coefficient (Wildman–Crippen LogP) is 2.44. The van der Waals surface area contributed by atoms with E-state index in [0.717, 1.165) is 36.0 Å². The fourth-order valence-electron chi connectivity index (χ4n) is 3.54. The zero-order valence-corrected chi connectivity index (χ0v) is 12.4. The summed E-state index contributed by atoms with van der Waals surface area (Å²) in [4.78, 5) is 2.47. The van der Waals surface area contributed by atoms with Crippen LogP contribution in [0.1, 0.15) is 17.7 Å². The molecule has 2 saturated heterocycles. The Balaban J connectivity index is 1.44. The topological polar surface area (TPSA) is 41.3 Å². The van der Waals surface area contributed by atoms with Gasteiger partial charge in [-0.1, -0.05) is 35.0 Å². The van der Waals surface area contributed by atoms with E-state index in [2.05, 4.69) is 52.6 Å². The van der Waals surface area contributed by atoms with Crippen LogP contribution in [0.15, 0.2) is 34.9 Å². The Hall–Kier alpha value is -1.65. The molecule has 1 N–H and O–H groups in total. The van der Waals surface area contributed by atoms with Gasteiger partial charge < -0.3 is 9.84 Å². The summed E-state index contributed by atoms with van der Waals surface area (Å²) in [5.74, 6) is 1.79. The second-order valence-corrected chi connectivity index (χ2v) is 6.35. The van der Waals surface area contributed by atoms with E-state index in [1.807, 2.05) is 0 Å². The van der Waals surface area contributed by atoms with Gasteiger partial charge in [0.25, 0.3) is 0 Å². The van der Waals surface area contributed by atoms with E-state index in [9.17, 15) is 0 Å². The van der Waals surface area contributed by atoms with Gasteiger partial charge >= 0.3 is 0 Å². The van der Waals surface area contributed by atoms with Crippen molar-refractivity contribution < 1.29 is 4.52 Å². The van der Waals surface area contributed by atoms with Crippen molar-refractivity contribution in [3.8, 4) is 11.3 Å². The molecular weight excluding hydrogens is 262 g/mol. The third-order valence-corrected chi connectivity index (χ3v) is 4.72. The van der Waals surface area contributed by atoms with Crippen LogP contribution in [-0.4, -0.2) is 35.7 Å². The molecule has 0 amide bonds. The summed E-state index contributed by atoms with van der Waals surface area (Å²) in [6.45, 7) is 6.45. The van der Waals surface area contributed by atoms with Crippen molar-refractivity contribution in [2.45, 2.75) is 25.9 Å². The molecule has 4 rings (SSSR count). The van der Waals surface area contributed by atoms with Crippen molar-refractivity contribution in [2.24, 2.45) is 5.92 Å². The van der Waals surface area contributed by atoms with Gasteiger partial charge in [0.15, 0.2) is 5.76 Å². The number of aryl methyl sites for hydroxylation is 1. The van der Waals surface area contributed by atoms with Gasteiger partial charge in [-0.25, -0.2) is 0 Å². The molecule has 0 spiro atoms. The smallest absolute Gasteiger partial charge is 0.151 e. The zero-order chi connectivity index (χ0) is 14.2. The Morgan fingerprint density at radius 2 is 2.14 bits per heavy atom. The van der Waals surface area contributed by atoms with Crippen molar-refractivity contribution in [3.05, 3.63) is 41.7 Å². The van der Waals surface area contributed by atoms with E-state index in [1.54, 1.807) is 0 Å². The van der Waals surface area contributed by atoms with Crippen LogP contribution in [-0.2, 0) is 6.54 Å². The largest absolute Gasteiger partial charge is 0.359 e. The molecule has 0 unspecified atom stereocenters. The fourth-order valence-corrected chi connectivity index (χ4v) is 3.54. The first-order chi connectivity index (χ1) is 10.3. The molecule has 4 heteroatoms. The summed E-state index contributed by atoms with van der Waals surface area (Å²) < 4.78 is 5.52. The number of fused-ring (bicyclic) bond motifs is 1. The van der Waals surface area contributed by atoms with Crippen molar-refractivity contribution in [2.75, 3.05) is 19.6 Å². The first kappa shape index (κ1) is 13.0. The van der Waals surface area contributed by atoms with E-state index in [1.165, 1.54) is 25.1 Å². The lowest BCUT2D eigenvalue weighted by Gasteiger charge is -2.14. The Morgan fingerprint density at radius 1 is 1.29 bits per heavy atom. The summed E-state index contributed by atoms with van der Waals surface area (Å²) in [5.41, 5.74) is 3.32. The van der Waals surface area contributed by atoms with Crippen LogP contribution >= 0.6 is 0 Å². The third kappa shape index (κ3) is 2.61. The first-order valence-electron chi connectivity index (χ1n) is 7.76. The van der Waals surface area contributed by atoms with E-state index < -0.39 is 0 Å². The average Bonchev–Trinajstić information content (AvgIpc) is 3.16. The van der Waals surface area contributed by atoms with Crippen molar-refractivity contribution in [1.29, 1.82) is 0 Å². The molecule has 3 heterocycles. The van der Waals surface area contributed by atoms with Crippen LogP contribution in [0.25, 0.3) is 11.3 Å². The molecule has 0 bridgehead atoms. The Morgan fingerprint density at radius 3 is 2.95 bits per heavy atom. The van der Waals surface area contributed by atoms with Crippen LogP contribution in [0, 0.1) is 12.8 Å². The van der Waals surface area contributed by atoms with Gasteiger partial charge in [-0.2, -0.15) is 0 Å². The quantitative estimate of drug-likeness (QED) is 0.939. The number of rotatable bonds is 3. The highest BCUT2D eigenvalue weighted by molar-refractivity contribution is 5.59. The normalized spacial score (nSPS) is 25.4. The SMILES string of the molecule is Cc1ccc(-c2cc(CN3C[C@@H]4CCN[C@@H]4C3)on2)cc1. The number of benzene rings is 1. The first-order valence-corrected chi connectivity index (χ1v) is 7.76. The summed E-state index contributed by atoms with van der Waals surface area (Å²) in [5, 5.41) is 7.80. The van der Waals surface area contributed by atoms with Crippen molar-refractivity contribution in [1.82, 2.24) is 15.4 Å². The van der Waals surface area contributed by atoms with Crippen molar-refractivity contribution >= 4 is 0 Å². The van der Waals surface area contributed by atoms with Gasteiger partial charge in [0.1, 0.15) is 5.69 Å². The second kappa shape index (κ2) is 5.28. The molecule has 1 aromatic heterocycles. The van der Waals surface area contributed by atoms with Gasteiger partial charge in [0.05, 0.1) is 6.54 Å². The molecule has 4 nitrogen and oxygen atoms in total. The third-order valence-electron chi connectivity index (χ3n) is 4.72. The average molecular weight is 283 g/mol. The summed E-state index contributed by atoms with van der Waals surface area (Å²) in [6, 6.07) is 11.2. The van der Waals surface area contributed by atoms with Gasteiger partial charge in [-0.3, -0.25) is 4.90 Å². The maximum Gasteiger partial charge on any atom is 0.151 e. The molecule has 2 atom stereocenters. The highest BCUT2D eigenvalue weighted by atomic mass is 16.5. The Kier molecular flexibility index (Phi) is 3.28. The lowest BCUT2D eigenvalue weighted by atomic mass is 10.1. The van der Waals surface area contributed by atoms with Crippen LogP contribution in [0.5, 0.6) is 0 Å². The minimum Gasteiger partial charge on any atom is -0.359 e. The number of nitrogens with one attached hydrogen (secondary N) is 1. The highest BCUT2D eigenvalue weighted by Gasteiger charge is 2.36. The molecule has 21 heavy (non-hydrogen) atoms. The lowest BCUT2D eigenvalue weighted by Crippen LogP contribution is -2.29. The van der Waals surface area contributed by atoms with Crippen LogP contribution in [0.2, 0.25) is 0 Å². The molecular formula is C17H21N3O. The molecule has 0 radical (unpaired) electrons. The number of likely N-dealkylation sites (tertiary alicyclic amines) is 1. The molecule has 2 aromatic rings. The molecule has 2 aliphatic rings. The highest BCUT2D eigenvalue weighted by Crippen LogP contribution is 2.27. The Labute approximate surface area is 125 Å².